The Bertz CT molecular complexity index is 853. The van der Waals surface area contributed by atoms with Crippen LogP contribution >= 0.6 is 0 Å². The number of likely N-dealkylation sites (tertiary alicyclic amines) is 1. The summed E-state index contributed by atoms with van der Waals surface area (Å²) in [6.07, 6.45) is 0.346. The highest BCUT2D eigenvalue weighted by Crippen LogP contribution is 2.41. The average Bonchev–Trinajstić information content (AvgIpc) is 2.67. The van der Waals surface area contributed by atoms with Gasteiger partial charge in [-0.2, -0.15) is 0 Å². The van der Waals surface area contributed by atoms with Crippen LogP contribution in [0.15, 0.2) is 48.5 Å². The van der Waals surface area contributed by atoms with Crippen molar-refractivity contribution in [2.75, 3.05) is 13.2 Å². The minimum atomic E-state index is -0.314. The first-order chi connectivity index (χ1) is 13.5. The number of halogens is 1. The molecule has 1 saturated heterocycles. The highest BCUT2D eigenvalue weighted by atomic mass is 19.1. The van der Waals surface area contributed by atoms with Gasteiger partial charge in [0.25, 0.3) is 0 Å². The molecule has 3 atom stereocenters. The zero-order valence-corrected chi connectivity index (χ0v) is 16.1. The van der Waals surface area contributed by atoms with E-state index in [1.54, 1.807) is 17.9 Å². The summed E-state index contributed by atoms with van der Waals surface area (Å²) in [5.74, 6) is -0.558. The van der Waals surface area contributed by atoms with Gasteiger partial charge < -0.3 is 15.3 Å². The number of hydrogen-bond acceptors (Lipinski definition) is 3. The molecule has 5 nitrogen and oxygen atoms in total. The van der Waals surface area contributed by atoms with Crippen LogP contribution in [0.2, 0.25) is 0 Å². The number of nitrogens with zero attached hydrogens (tertiary/aromatic N) is 1. The fourth-order valence-corrected chi connectivity index (χ4v) is 3.98. The van der Waals surface area contributed by atoms with Crippen molar-refractivity contribution < 1.29 is 19.1 Å². The number of rotatable bonds is 6. The van der Waals surface area contributed by atoms with Crippen molar-refractivity contribution >= 4 is 11.8 Å². The van der Waals surface area contributed by atoms with Gasteiger partial charge in [-0.25, -0.2) is 4.39 Å². The molecule has 1 aliphatic rings. The van der Waals surface area contributed by atoms with Crippen molar-refractivity contribution in [3.8, 4) is 11.1 Å². The van der Waals surface area contributed by atoms with E-state index in [4.69, 9.17) is 0 Å². The van der Waals surface area contributed by atoms with E-state index in [9.17, 15) is 19.1 Å². The molecule has 3 rings (SSSR count). The zero-order valence-electron chi connectivity index (χ0n) is 16.1. The second kappa shape index (κ2) is 8.52. The van der Waals surface area contributed by atoms with Crippen molar-refractivity contribution in [2.45, 2.75) is 38.3 Å². The summed E-state index contributed by atoms with van der Waals surface area (Å²) in [6.45, 7) is 3.43. The normalized spacial score (nSPS) is 21.1. The van der Waals surface area contributed by atoms with Crippen LogP contribution in [0.25, 0.3) is 11.1 Å². The minimum absolute atomic E-state index is 0.0398. The highest BCUT2D eigenvalue weighted by molar-refractivity contribution is 5.79. The molecule has 6 heteroatoms. The van der Waals surface area contributed by atoms with Crippen molar-refractivity contribution in [1.29, 1.82) is 0 Å². The second-order valence-electron chi connectivity index (χ2n) is 7.07. The number of aliphatic hydroxyl groups excluding tert-OH is 1. The van der Waals surface area contributed by atoms with Crippen LogP contribution in [0.1, 0.15) is 31.7 Å². The summed E-state index contributed by atoms with van der Waals surface area (Å²) < 4.78 is 13.5. The molecule has 1 fully saturated rings. The summed E-state index contributed by atoms with van der Waals surface area (Å²) in [7, 11) is 0. The Morgan fingerprint density at radius 1 is 1.11 bits per heavy atom. The fraction of sp³-hybridized carbons (Fsp3) is 0.364. The Labute approximate surface area is 164 Å². The number of carbonyl (C=O) groups excluding carboxylic acids is 2. The van der Waals surface area contributed by atoms with Gasteiger partial charge >= 0.3 is 0 Å². The number of benzene rings is 2. The van der Waals surface area contributed by atoms with E-state index in [2.05, 4.69) is 5.32 Å². The van der Waals surface area contributed by atoms with Gasteiger partial charge in [0, 0.05) is 25.8 Å². The SMILES string of the molecule is CCC(=O)N1[C@@H](CO)[C@H](c2ccc(-c3cccc(F)c3)cc2)[C@@H]1CNC(C)=O. The summed E-state index contributed by atoms with van der Waals surface area (Å²) in [6, 6.07) is 13.6. The van der Waals surface area contributed by atoms with Gasteiger partial charge in [-0.05, 0) is 28.8 Å². The topological polar surface area (TPSA) is 69.6 Å². The van der Waals surface area contributed by atoms with E-state index in [-0.39, 0.29) is 42.2 Å². The molecule has 0 unspecified atom stereocenters. The molecule has 2 amide bonds. The number of hydrogen-bond donors (Lipinski definition) is 2. The molecular weight excluding hydrogens is 359 g/mol. The van der Waals surface area contributed by atoms with E-state index in [0.717, 1.165) is 16.7 Å². The molecule has 148 valence electrons. The van der Waals surface area contributed by atoms with Gasteiger partial charge in [-0.3, -0.25) is 9.59 Å². The number of aliphatic hydroxyl groups is 1. The molecule has 2 N–H and O–H groups in total. The summed E-state index contributed by atoms with van der Waals surface area (Å²) in [5, 5.41) is 12.7. The quantitative estimate of drug-likeness (QED) is 0.805. The van der Waals surface area contributed by atoms with E-state index in [0.29, 0.717) is 13.0 Å². The van der Waals surface area contributed by atoms with Crippen LogP contribution in [0.4, 0.5) is 4.39 Å². The summed E-state index contributed by atoms with van der Waals surface area (Å²) >= 11 is 0. The molecule has 0 spiro atoms. The largest absolute Gasteiger partial charge is 0.394 e. The van der Waals surface area contributed by atoms with Gasteiger partial charge in [-0.1, -0.05) is 43.3 Å². The zero-order chi connectivity index (χ0) is 20.3. The third-order valence-electron chi connectivity index (χ3n) is 5.33. The van der Waals surface area contributed by atoms with Crippen LogP contribution in [0, 0.1) is 5.82 Å². The monoisotopic (exact) mass is 384 g/mol. The van der Waals surface area contributed by atoms with Gasteiger partial charge in [0.1, 0.15) is 5.82 Å². The maximum absolute atomic E-state index is 13.5. The molecule has 0 radical (unpaired) electrons. The van der Waals surface area contributed by atoms with Crippen LogP contribution in [-0.2, 0) is 9.59 Å². The van der Waals surface area contributed by atoms with E-state index in [1.165, 1.54) is 19.1 Å². The predicted octanol–water partition coefficient (Wildman–Crippen LogP) is 2.69. The minimum Gasteiger partial charge on any atom is -0.394 e. The Balaban J connectivity index is 1.86. The average molecular weight is 384 g/mol. The van der Waals surface area contributed by atoms with E-state index < -0.39 is 0 Å². The van der Waals surface area contributed by atoms with Gasteiger partial charge in [0.05, 0.1) is 18.7 Å². The number of carbonyl (C=O) groups is 2. The van der Waals surface area contributed by atoms with E-state index >= 15 is 0 Å². The maximum atomic E-state index is 13.5. The first-order valence-electron chi connectivity index (χ1n) is 9.48. The molecule has 2 aromatic rings. The fourth-order valence-electron chi connectivity index (χ4n) is 3.98. The smallest absolute Gasteiger partial charge is 0.222 e. The Morgan fingerprint density at radius 3 is 2.39 bits per heavy atom. The van der Waals surface area contributed by atoms with Crippen molar-refractivity contribution in [2.24, 2.45) is 0 Å². The Kier molecular flexibility index (Phi) is 6.09. The Hall–Kier alpha value is -2.73. The summed E-state index contributed by atoms with van der Waals surface area (Å²) in [4.78, 5) is 25.4. The van der Waals surface area contributed by atoms with Gasteiger partial charge in [0.2, 0.25) is 11.8 Å². The lowest BCUT2D eigenvalue weighted by Gasteiger charge is -2.55. The molecule has 2 aromatic carbocycles. The van der Waals surface area contributed by atoms with Crippen molar-refractivity contribution in [1.82, 2.24) is 10.2 Å². The molecule has 1 heterocycles. The van der Waals surface area contributed by atoms with Crippen molar-refractivity contribution in [3.05, 3.63) is 59.9 Å². The first-order valence-corrected chi connectivity index (χ1v) is 9.48. The van der Waals surface area contributed by atoms with Crippen LogP contribution < -0.4 is 5.32 Å². The Morgan fingerprint density at radius 2 is 1.82 bits per heavy atom. The molecule has 0 bridgehead atoms. The molecular formula is C22H25FN2O3. The third kappa shape index (κ3) is 3.92. The van der Waals surface area contributed by atoms with Gasteiger partial charge in [-0.15, -0.1) is 0 Å². The third-order valence-corrected chi connectivity index (χ3v) is 5.33. The lowest BCUT2D eigenvalue weighted by atomic mass is 9.74. The molecule has 0 aliphatic carbocycles. The first kappa shape index (κ1) is 20.0. The number of amides is 2. The molecule has 0 aromatic heterocycles. The predicted molar refractivity (Wildman–Crippen MR) is 105 cm³/mol. The molecule has 0 saturated carbocycles. The lowest BCUT2D eigenvalue weighted by Crippen LogP contribution is -2.68. The van der Waals surface area contributed by atoms with Crippen LogP contribution in [0.5, 0.6) is 0 Å². The molecule has 28 heavy (non-hydrogen) atoms. The van der Waals surface area contributed by atoms with E-state index in [1.807, 2.05) is 30.3 Å². The standard InChI is InChI=1S/C22H25FN2O3/c1-3-21(28)25-19(12-24-14(2)27)22(20(25)13-26)16-9-7-15(8-10-16)17-5-4-6-18(23)11-17/h4-11,19-20,22,26H,3,12-13H2,1-2H3,(H,24,27)/t19-,20-,22+/m0/s1. The highest BCUT2D eigenvalue weighted by Gasteiger charge is 2.50. The summed E-state index contributed by atoms with van der Waals surface area (Å²) in [5.41, 5.74) is 2.66. The second-order valence-corrected chi connectivity index (χ2v) is 7.07. The maximum Gasteiger partial charge on any atom is 0.222 e. The molecule has 1 aliphatic heterocycles. The number of nitrogens with one attached hydrogen (secondary N) is 1. The van der Waals surface area contributed by atoms with Gasteiger partial charge in [0.15, 0.2) is 0 Å². The van der Waals surface area contributed by atoms with Crippen LogP contribution in [-0.4, -0.2) is 47.1 Å². The van der Waals surface area contributed by atoms with Crippen LogP contribution in [0.3, 0.4) is 0 Å². The van der Waals surface area contributed by atoms with Crippen molar-refractivity contribution in [3.63, 3.8) is 0 Å². The lowest BCUT2D eigenvalue weighted by molar-refractivity contribution is -0.150.